The van der Waals surface area contributed by atoms with Crippen LogP contribution in [0.3, 0.4) is 0 Å². The zero-order valence-electron chi connectivity index (χ0n) is 19.0. The van der Waals surface area contributed by atoms with E-state index in [9.17, 15) is 9.59 Å². The lowest BCUT2D eigenvalue weighted by Gasteiger charge is -2.24. The lowest BCUT2D eigenvalue weighted by molar-refractivity contribution is -0.148. The number of esters is 1. The third kappa shape index (κ3) is 4.52. The Kier molecular flexibility index (Phi) is 6.53. The Balaban J connectivity index is 1.52. The molecule has 2 heterocycles. The second-order valence-electron chi connectivity index (χ2n) is 8.10. The minimum absolute atomic E-state index is 0.306. The van der Waals surface area contributed by atoms with Gasteiger partial charge in [0.15, 0.2) is 6.04 Å². The first-order chi connectivity index (χ1) is 17.1. The van der Waals surface area contributed by atoms with Crippen molar-refractivity contribution in [3.8, 4) is 0 Å². The lowest BCUT2D eigenvalue weighted by Crippen LogP contribution is -2.37. The molecule has 0 radical (unpaired) electrons. The molecule has 1 saturated heterocycles. The van der Waals surface area contributed by atoms with Crippen molar-refractivity contribution in [3.05, 3.63) is 113 Å². The van der Waals surface area contributed by atoms with Crippen molar-refractivity contribution in [2.24, 2.45) is 0 Å². The zero-order valence-corrected chi connectivity index (χ0v) is 20.6. The monoisotopic (exact) mass is 498 g/mol. The van der Waals surface area contributed by atoms with E-state index >= 15 is 0 Å². The number of carbonyl (C=O) groups excluding carboxylic acids is 2. The lowest BCUT2D eigenvalue weighted by atomic mass is 10.1. The Hall–Kier alpha value is -3.68. The number of aromatic nitrogens is 1. The number of rotatable bonds is 6. The van der Waals surface area contributed by atoms with E-state index in [0.29, 0.717) is 21.3 Å². The highest BCUT2D eigenvalue weighted by molar-refractivity contribution is 8.26. The van der Waals surface area contributed by atoms with Crippen LogP contribution in [0, 0.1) is 0 Å². The molecular weight excluding hydrogens is 476 g/mol. The number of fused-ring (bicyclic) bond motifs is 1. The summed E-state index contributed by atoms with van der Waals surface area (Å²) in [5, 5.41) is 1.04. The van der Waals surface area contributed by atoms with Gasteiger partial charge in [-0.25, -0.2) is 4.79 Å². The van der Waals surface area contributed by atoms with Gasteiger partial charge >= 0.3 is 5.97 Å². The summed E-state index contributed by atoms with van der Waals surface area (Å²) in [6.07, 6.45) is 3.92. The van der Waals surface area contributed by atoms with Crippen molar-refractivity contribution in [3.63, 3.8) is 0 Å². The predicted molar refractivity (Wildman–Crippen MR) is 144 cm³/mol. The minimum Gasteiger partial charge on any atom is -0.467 e. The second kappa shape index (κ2) is 9.90. The predicted octanol–water partition coefficient (Wildman–Crippen LogP) is 5.81. The van der Waals surface area contributed by atoms with Gasteiger partial charge < -0.3 is 9.30 Å². The number of thioether (sulfide) groups is 1. The number of hydrogen-bond donors (Lipinski definition) is 0. The third-order valence-electron chi connectivity index (χ3n) is 5.92. The van der Waals surface area contributed by atoms with E-state index in [1.807, 2.05) is 60.7 Å². The highest BCUT2D eigenvalue weighted by Crippen LogP contribution is 2.39. The van der Waals surface area contributed by atoms with Gasteiger partial charge in [0.25, 0.3) is 5.91 Å². The van der Waals surface area contributed by atoms with Gasteiger partial charge in [0.2, 0.25) is 0 Å². The molecule has 0 spiro atoms. The van der Waals surface area contributed by atoms with E-state index < -0.39 is 12.0 Å². The highest BCUT2D eigenvalue weighted by atomic mass is 32.2. The van der Waals surface area contributed by atoms with Gasteiger partial charge in [0.05, 0.1) is 12.0 Å². The molecule has 1 aliphatic heterocycles. The molecule has 1 unspecified atom stereocenters. The molecule has 35 heavy (non-hydrogen) atoms. The van der Waals surface area contributed by atoms with Gasteiger partial charge in [0, 0.05) is 29.2 Å². The Morgan fingerprint density at radius 3 is 2.37 bits per heavy atom. The summed E-state index contributed by atoms with van der Waals surface area (Å²) in [5.41, 5.74) is 3.84. The Labute approximate surface area is 213 Å². The maximum atomic E-state index is 13.5. The van der Waals surface area contributed by atoms with Gasteiger partial charge in [-0.15, -0.1) is 0 Å². The van der Waals surface area contributed by atoms with Gasteiger partial charge in [0.1, 0.15) is 4.32 Å². The number of thiocarbonyl (C=S) groups is 1. The van der Waals surface area contributed by atoms with Crippen LogP contribution in [0.25, 0.3) is 17.0 Å². The van der Waals surface area contributed by atoms with Crippen LogP contribution in [0.1, 0.15) is 22.7 Å². The number of methoxy groups -OCH3 is 1. The fourth-order valence-electron chi connectivity index (χ4n) is 4.28. The summed E-state index contributed by atoms with van der Waals surface area (Å²) in [6, 6.07) is 26.5. The van der Waals surface area contributed by atoms with Crippen LogP contribution < -0.4 is 0 Å². The average molecular weight is 499 g/mol. The molecule has 1 amide bonds. The molecule has 1 fully saturated rings. The highest BCUT2D eigenvalue weighted by Gasteiger charge is 2.42. The maximum absolute atomic E-state index is 13.5. The SMILES string of the molecule is COC(=O)C(c1ccccc1)N1C(=O)/C(=C/c2cn(Cc3ccccc3)c3ccccc23)SC1=S. The zero-order chi connectivity index (χ0) is 24.4. The van der Waals surface area contributed by atoms with Crippen LogP contribution in [-0.4, -0.2) is 32.8 Å². The smallest absolute Gasteiger partial charge is 0.333 e. The molecule has 5 rings (SSSR count). The van der Waals surface area contributed by atoms with Crippen molar-refractivity contribution in [1.82, 2.24) is 9.47 Å². The van der Waals surface area contributed by atoms with Crippen molar-refractivity contribution in [1.29, 1.82) is 0 Å². The van der Waals surface area contributed by atoms with E-state index in [1.165, 1.54) is 29.3 Å². The second-order valence-corrected chi connectivity index (χ2v) is 9.78. The molecule has 0 saturated carbocycles. The number of nitrogens with zero attached hydrogens (tertiary/aromatic N) is 2. The normalized spacial score (nSPS) is 15.7. The molecule has 7 heteroatoms. The minimum atomic E-state index is -0.931. The number of para-hydroxylation sites is 1. The Bertz CT molecular complexity index is 1450. The first kappa shape index (κ1) is 23.1. The van der Waals surface area contributed by atoms with Gasteiger partial charge in [-0.05, 0) is 23.3 Å². The summed E-state index contributed by atoms with van der Waals surface area (Å²) in [5.74, 6) is -0.840. The third-order valence-corrected chi connectivity index (χ3v) is 7.25. The maximum Gasteiger partial charge on any atom is 0.333 e. The first-order valence-electron chi connectivity index (χ1n) is 11.1. The summed E-state index contributed by atoms with van der Waals surface area (Å²) < 4.78 is 7.53. The van der Waals surface area contributed by atoms with E-state index in [2.05, 4.69) is 29.0 Å². The largest absolute Gasteiger partial charge is 0.467 e. The van der Waals surface area contributed by atoms with Crippen LogP contribution in [0.2, 0.25) is 0 Å². The number of ether oxygens (including phenoxy) is 1. The summed E-state index contributed by atoms with van der Waals surface area (Å²) in [7, 11) is 1.31. The molecular formula is C28H22N2O3S2. The number of benzene rings is 3. The topological polar surface area (TPSA) is 51.5 Å². The van der Waals surface area contributed by atoms with Crippen molar-refractivity contribution >= 4 is 57.2 Å². The first-order valence-corrected chi connectivity index (χ1v) is 12.3. The molecule has 3 aromatic carbocycles. The number of carbonyl (C=O) groups is 2. The summed E-state index contributed by atoms with van der Waals surface area (Å²) >= 11 is 6.76. The van der Waals surface area contributed by atoms with E-state index in [-0.39, 0.29) is 5.91 Å². The van der Waals surface area contributed by atoms with Gasteiger partial charge in [-0.3, -0.25) is 9.69 Å². The summed E-state index contributed by atoms with van der Waals surface area (Å²) in [6.45, 7) is 0.717. The van der Waals surface area contributed by atoms with Crippen LogP contribution >= 0.6 is 24.0 Å². The van der Waals surface area contributed by atoms with Gasteiger partial charge in [-0.2, -0.15) is 0 Å². The molecule has 0 bridgehead atoms. The average Bonchev–Trinajstić information content (AvgIpc) is 3.37. The molecule has 1 aromatic heterocycles. The quantitative estimate of drug-likeness (QED) is 0.191. The molecule has 0 N–H and O–H groups in total. The number of amides is 1. The standard InChI is InChI=1S/C28H22N2O3S2/c1-33-27(32)25(20-12-6-3-7-13-20)30-26(31)24(35-28(30)34)16-21-18-29(17-19-10-4-2-5-11-19)23-15-9-8-14-22(21)23/h2-16,18,25H,17H2,1H3/b24-16-. The van der Waals surface area contributed by atoms with Crippen LogP contribution in [0.5, 0.6) is 0 Å². The van der Waals surface area contributed by atoms with Crippen LogP contribution in [0.15, 0.2) is 96.0 Å². The Morgan fingerprint density at radius 2 is 1.66 bits per heavy atom. The number of hydrogen-bond acceptors (Lipinski definition) is 5. The van der Waals surface area contributed by atoms with Crippen molar-refractivity contribution in [2.75, 3.05) is 7.11 Å². The van der Waals surface area contributed by atoms with E-state index in [0.717, 1.165) is 16.5 Å². The van der Waals surface area contributed by atoms with Crippen molar-refractivity contribution < 1.29 is 14.3 Å². The molecule has 1 atom stereocenters. The molecule has 1 aliphatic rings. The molecule has 4 aromatic rings. The molecule has 174 valence electrons. The Morgan fingerprint density at radius 1 is 1.00 bits per heavy atom. The van der Waals surface area contributed by atoms with Crippen LogP contribution in [-0.2, 0) is 20.9 Å². The fraction of sp³-hybridized carbons (Fsp3) is 0.107. The van der Waals surface area contributed by atoms with Gasteiger partial charge in [-0.1, -0.05) is 103 Å². The van der Waals surface area contributed by atoms with E-state index in [1.54, 1.807) is 12.1 Å². The molecule has 5 nitrogen and oxygen atoms in total. The van der Waals surface area contributed by atoms with E-state index in [4.69, 9.17) is 17.0 Å². The molecule has 0 aliphatic carbocycles. The van der Waals surface area contributed by atoms with Crippen LogP contribution in [0.4, 0.5) is 0 Å². The summed E-state index contributed by atoms with van der Waals surface area (Å²) in [4.78, 5) is 28.1. The van der Waals surface area contributed by atoms with Crippen molar-refractivity contribution in [2.45, 2.75) is 12.6 Å². The fourth-order valence-corrected chi connectivity index (χ4v) is 5.59.